The first kappa shape index (κ1) is 22.6. The van der Waals surface area contributed by atoms with Crippen LogP contribution in [-0.2, 0) is 20.1 Å². The minimum atomic E-state index is -1.23. The van der Waals surface area contributed by atoms with E-state index >= 15 is 0 Å². The monoisotopic (exact) mass is 472 g/mol. The Kier molecular flexibility index (Phi) is 5.51. The number of aryl methyl sites for hydroxylation is 1. The number of nitrogens with one attached hydrogen (secondary N) is 1. The molecular weight excluding hydrogens is 447 g/mol. The predicted octanol–water partition coefficient (Wildman–Crippen LogP) is 4.77. The van der Waals surface area contributed by atoms with Gasteiger partial charge >= 0.3 is 5.97 Å². The van der Waals surface area contributed by atoms with E-state index < -0.39 is 17.8 Å². The predicted molar refractivity (Wildman–Crippen MR) is 133 cm³/mol. The number of aromatic nitrogens is 2. The summed E-state index contributed by atoms with van der Waals surface area (Å²) in [6, 6.07) is 15.3. The molecule has 0 amide bonds. The van der Waals surface area contributed by atoms with Gasteiger partial charge in [0.25, 0.3) is 5.56 Å². The molecule has 0 aliphatic carbocycles. The van der Waals surface area contributed by atoms with Crippen LogP contribution in [0.5, 0.6) is 0 Å². The van der Waals surface area contributed by atoms with Gasteiger partial charge in [-0.25, -0.2) is 14.2 Å². The third-order valence-corrected chi connectivity index (χ3v) is 6.53. The van der Waals surface area contributed by atoms with Gasteiger partial charge in [-0.15, -0.1) is 0 Å². The summed E-state index contributed by atoms with van der Waals surface area (Å²) in [5.74, 6) is -1.34. The highest BCUT2D eigenvalue weighted by Gasteiger charge is 2.25. The minimum absolute atomic E-state index is 0.0961. The fraction of sp³-hybridized carbons (Fsp3) is 0.222. The molecule has 1 aliphatic heterocycles. The Morgan fingerprint density at radius 3 is 2.46 bits per heavy atom. The molecule has 178 valence electrons. The number of fused-ring (bicyclic) bond motifs is 2. The van der Waals surface area contributed by atoms with Crippen LogP contribution in [0.4, 0.5) is 16.0 Å². The van der Waals surface area contributed by atoms with Gasteiger partial charge in [-0.2, -0.15) is 0 Å². The highest BCUT2D eigenvalue weighted by atomic mass is 19.1. The first-order valence-corrected chi connectivity index (χ1v) is 11.4. The molecule has 0 fully saturated rings. The first-order valence-electron chi connectivity index (χ1n) is 11.4. The maximum absolute atomic E-state index is 14.6. The first-order chi connectivity index (χ1) is 16.7. The average Bonchev–Trinajstić information content (AvgIpc) is 3.26. The molecule has 0 bridgehead atoms. The van der Waals surface area contributed by atoms with E-state index in [-0.39, 0.29) is 16.8 Å². The number of carboxylic acids is 1. The number of carbonyl (C=O) groups is 1. The van der Waals surface area contributed by atoms with Crippen molar-refractivity contribution in [3.8, 4) is 0 Å². The van der Waals surface area contributed by atoms with Crippen molar-refractivity contribution >= 4 is 28.5 Å². The Labute approximate surface area is 201 Å². The van der Waals surface area contributed by atoms with Crippen molar-refractivity contribution in [1.82, 2.24) is 9.55 Å². The molecule has 1 unspecified atom stereocenters. The molecule has 0 radical (unpaired) electrons. The Morgan fingerprint density at radius 2 is 1.80 bits per heavy atom. The molecule has 4 aromatic rings. The van der Waals surface area contributed by atoms with Crippen molar-refractivity contribution in [3.05, 3.63) is 98.6 Å². The zero-order valence-corrected chi connectivity index (χ0v) is 19.7. The second kappa shape index (κ2) is 8.54. The highest BCUT2D eigenvalue weighted by Crippen LogP contribution is 2.32. The minimum Gasteiger partial charge on any atom is -0.478 e. The van der Waals surface area contributed by atoms with Crippen LogP contribution in [0, 0.1) is 12.7 Å². The lowest BCUT2D eigenvalue weighted by molar-refractivity contribution is 0.0697. The number of benzene rings is 3. The lowest BCUT2D eigenvalue weighted by atomic mass is 10.0. The van der Waals surface area contributed by atoms with Gasteiger partial charge in [0.15, 0.2) is 0 Å². The van der Waals surface area contributed by atoms with E-state index in [9.17, 15) is 19.1 Å². The molecule has 2 heterocycles. The molecule has 8 heteroatoms. The van der Waals surface area contributed by atoms with Crippen LogP contribution in [0.2, 0.25) is 0 Å². The van der Waals surface area contributed by atoms with Crippen LogP contribution in [0.25, 0.3) is 10.9 Å². The normalized spacial score (nSPS) is 13.7. The largest absolute Gasteiger partial charge is 0.478 e. The molecule has 35 heavy (non-hydrogen) atoms. The summed E-state index contributed by atoms with van der Waals surface area (Å²) in [5.41, 5.74) is 4.02. The molecule has 3 aromatic carbocycles. The van der Waals surface area contributed by atoms with Crippen LogP contribution in [0.1, 0.15) is 45.6 Å². The molecule has 0 spiro atoms. The van der Waals surface area contributed by atoms with Gasteiger partial charge < -0.3 is 15.3 Å². The number of nitrogens with zero attached hydrogens (tertiary/aromatic N) is 3. The van der Waals surface area contributed by atoms with Gasteiger partial charge in [0, 0.05) is 25.7 Å². The van der Waals surface area contributed by atoms with Crippen LogP contribution in [0.15, 0.2) is 59.4 Å². The summed E-state index contributed by atoms with van der Waals surface area (Å²) in [7, 11) is 1.72. The Bertz CT molecular complexity index is 1520. The van der Waals surface area contributed by atoms with E-state index in [1.807, 2.05) is 25.1 Å². The van der Waals surface area contributed by atoms with Gasteiger partial charge in [-0.1, -0.05) is 36.4 Å². The lowest BCUT2D eigenvalue weighted by Gasteiger charge is -2.23. The van der Waals surface area contributed by atoms with Crippen molar-refractivity contribution in [2.75, 3.05) is 10.2 Å². The third kappa shape index (κ3) is 3.90. The van der Waals surface area contributed by atoms with E-state index in [4.69, 9.17) is 4.98 Å². The van der Waals surface area contributed by atoms with Crippen molar-refractivity contribution in [1.29, 1.82) is 0 Å². The van der Waals surface area contributed by atoms with E-state index in [2.05, 4.69) is 22.3 Å². The van der Waals surface area contributed by atoms with Crippen LogP contribution >= 0.6 is 0 Å². The Morgan fingerprint density at radius 1 is 1.11 bits per heavy atom. The summed E-state index contributed by atoms with van der Waals surface area (Å²) < 4.78 is 16.2. The molecular formula is C27H25FN4O3. The van der Waals surface area contributed by atoms with E-state index in [0.29, 0.717) is 35.5 Å². The molecule has 7 nitrogen and oxygen atoms in total. The Hall–Kier alpha value is -4.20. The van der Waals surface area contributed by atoms with E-state index in [0.717, 1.165) is 5.56 Å². The average molecular weight is 473 g/mol. The van der Waals surface area contributed by atoms with Crippen molar-refractivity contribution in [3.63, 3.8) is 0 Å². The molecule has 5 rings (SSSR count). The van der Waals surface area contributed by atoms with Crippen LogP contribution < -0.4 is 15.8 Å². The summed E-state index contributed by atoms with van der Waals surface area (Å²) in [5, 5.41) is 13.0. The lowest BCUT2D eigenvalue weighted by Crippen LogP contribution is -2.28. The number of carboxylic acid groups (broad SMARTS) is 1. The zero-order chi connectivity index (χ0) is 24.9. The standard InChI is InChI=1S/C27H25FN4O3/c1-15-11-20(16(2)29-24-19(26(34)35)9-6-10-22(24)28)23-21(12-15)25(33)31(3)27(30-23)32-13-17-7-4-5-8-18(17)14-32/h4-12,16,29H,13-14H2,1-3H3,(H,34,35). The number of rotatable bonds is 5. The smallest absolute Gasteiger partial charge is 0.337 e. The fourth-order valence-electron chi connectivity index (χ4n) is 4.77. The number of para-hydroxylation sites is 1. The molecule has 1 aliphatic rings. The number of aromatic carboxylic acids is 1. The highest BCUT2D eigenvalue weighted by molar-refractivity contribution is 5.94. The summed E-state index contributed by atoms with van der Waals surface area (Å²) in [6.45, 7) is 4.98. The number of anilines is 2. The number of hydrogen-bond donors (Lipinski definition) is 2. The number of halogens is 1. The second-order valence-corrected chi connectivity index (χ2v) is 8.98. The maximum atomic E-state index is 14.6. The van der Waals surface area contributed by atoms with E-state index in [1.165, 1.54) is 29.3 Å². The van der Waals surface area contributed by atoms with E-state index in [1.54, 1.807) is 24.6 Å². The van der Waals surface area contributed by atoms with Crippen molar-refractivity contribution in [2.45, 2.75) is 33.0 Å². The van der Waals surface area contributed by atoms with Gasteiger partial charge in [-0.3, -0.25) is 9.36 Å². The quantitative estimate of drug-likeness (QED) is 0.435. The maximum Gasteiger partial charge on any atom is 0.337 e. The molecule has 0 saturated carbocycles. The van der Waals surface area contributed by atoms with Gasteiger partial charge in [0.05, 0.1) is 28.2 Å². The Balaban J connectivity index is 1.62. The van der Waals surface area contributed by atoms with Crippen LogP contribution in [0.3, 0.4) is 0 Å². The van der Waals surface area contributed by atoms with Crippen LogP contribution in [-0.4, -0.2) is 20.6 Å². The molecule has 1 atom stereocenters. The van der Waals surface area contributed by atoms with Gasteiger partial charge in [0.1, 0.15) is 5.82 Å². The summed E-state index contributed by atoms with van der Waals surface area (Å²) in [6.07, 6.45) is 0. The van der Waals surface area contributed by atoms with Gasteiger partial charge in [-0.05, 0) is 48.7 Å². The summed E-state index contributed by atoms with van der Waals surface area (Å²) in [4.78, 5) is 32.0. The third-order valence-electron chi connectivity index (χ3n) is 6.53. The van der Waals surface area contributed by atoms with Gasteiger partial charge in [0.2, 0.25) is 5.95 Å². The second-order valence-electron chi connectivity index (χ2n) is 8.98. The zero-order valence-electron chi connectivity index (χ0n) is 19.7. The topological polar surface area (TPSA) is 87.5 Å². The molecule has 2 N–H and O–H groups in total. The molecule has 1 aromatic heterocycles. The van der Waals surface area contributed by atoms with Crippen molar-refractivity contribution in [2.24, 2.45) is 7.05 Å². The SMILES string of the molecule is Cc1cc(C(C)Nc2c(F)cccc2C(=O)O)c2nc(N3Cc4ccccc4C3)n(C)c(=O)c2c1. The summed E-state index contributed by atoms with van der Waals surface area (Å²) >= 11 is 0. The molecule has 0 saturated heterocycles. The fourth-order valence-corrected chi connectivity index (χ4v) is 4.77. The number of hydrogen-bond acceptors (Lipinski definition) is 5. The van der Waals surface area contributed by atoms with Crippen molar-refractivity contribution < 1.29 is 14.3 Å².